The zero-order valence-electron chi connectivity index (χ0n) is 9.23. The van der Waals surface area contributed by atoms with Gasteiger partial charge < -0.3 is 4.74 Å². The van der Waals surface area contributed by atoms with Gasteiger partial charge in [0.1, 0.15) is 5.72 Å². The van der Waals surface area contributed by atoms with Crippen LogP contribution in [-0.4, -0.2) is 18.4 Å². The summed E-state index contributed by atoms with van der Waals surface area (Å²) in [5.41, 5.74) is 0.112. The zero-order valence-corrected chi connectivity index (χ0v) is 9.23. The Hall–Kier alpha value is -0.0800. The van der Waals surface area contributed by atoms with Crippen molar-refractivity contribution in [3.63, 3.8) is 0 Å². The van der Waals surface area contributed by atoms with Gasteiger partial charge in [-0.3, -0.25) is 5.32 Å². The molecule has 2 aliphatic rings. The van der Waals surface area contributed by atoms with Gasteiger partial charge in [-0.05, 0) is 32.1 Å². The highest BCUT2D eigenvalue weighted by molar-refractivity contribution is 4.91. The Bertz CT molecular complexity index is 141. The first-order valence-corrected chi connectivity index (χ1v) is 5.76. The average molecular weight is 185 g/mol. The fraction of sp³-hybridized carbons (Fsp3) is 1.00. The SMILES string of the molecule is CC.CCC1COC2(CCCC2)N1. The van der Waals surface area contributed by atoms with Crippen LogP contribution in [0.4, 0.5) is 0 Å². The lowest BCUT2D eigenvalue weighted by Gasteiger charge is -2.22. The first kappa shape index (κ1) is 11.0. The average Bonchev–Trinajstić information content (AvgIpc) is 2.81. The maximum atomic E-state index is 5.79. The summed E-state index contributed by atoms with van der Waals surface area (Å²) in [5.74, 6) is 0. The molecule has 2 rings (SSSR count). The second kappa shape index (κ2) is 4.97. The first-order valence-electron chi connectivity index (χ1n) is 5.76. The number of rotatable bonds is 1. The Morgan fingerprint density at radius 2 is 1.92 bits per heavy atom. The first-order chi connectivity index (χ1) is 6.35. The van der Waals surface area contributed by atoms with Crippen LogP contribution in [0.3, 0.4) is 0 Å². The van der Waals surface area contributed by atoms with E-state index in [0.717, 1.165) is 6.61 Å². The van der Waals surface area contributed by atoms with Gasteiger partial charge in [-0.2, -0.15) is 0 Å². The van der Waals surface area contributed by atoms with E-state index in [1.165, 1.54) is 32.1 Å². The molecule has 0 radical (unpaired) electrons. The molecule has 1 N–H and O–H groups in total. The molecule has 1 spiro atoms. The maximum Gasteiger partial charge on any atom is 0.119 e. The maximum absolute atomic E-state index is 5.79. The van der Waals surface area contributed by atoms with Gasteiger partial charge in [0, 0.05) is 6.04 Å². The molecule has 13 heavy (non-hydrogen) atoms. The number of nitrogens with one attached hydrogen (secondary N) is 1. The van der Waals surface area contributed by atoms with Gasteiger partial charge in [0.05, 0.1) is 6.61 Å². The van der Waals surface area contributed by atoms with E-state index in [4.69, 9.17) is 4.74 Å². The van der Waals surface area contributed by atoms with E-state index < -0.39 is 0 Å². The second-order valence-electron chi connectivity index (χ2n) is 3.76. The molecule has 2 heteroatoms. The summed E-state index contributed by atoms with van der Waals surface area (Å²) in [7, 11) is 0. The Kier molecular flexibility index (Phi) is 4.20. The molecular weight excluding hydrogens is 162 g/mol. The summed E-state index contributed by atoms with van der Waals surface area (Å²) in [6, 6.07) is 0.619. The van der Waals surface area contributed by atoms with Crippen molar-refractivity contribution in [3.8, 4) is 0 Å². The van der Waals surface area contributed by atoms with Crippen LogP contribution in [-0.2, 0) is 4.74 Å². The van der Waals surface area contributed by atoms with E-state index in [2.05, 4.69) is 12.2 Å². The van der Waals surface area contributed by atoms with Crippen LogP contribution in [0.25, 0.3) is 0 Å². The zero-order chi connectivity index (χ0) is 9.73. The van der Waals surface area contributed by atoms with Gasteiger partial charge in [0.15, 0.2) is 0 Å². The van der Waals surface area contributed by atoms with Crippen LogP contribution >= 0.6 is 0 Å². The van der Waals surface area contributed by atoms with Gasteiger partial charge >= 0.3 is 0 Å². The molecule has 1 unspecified atom stereocenters. The number of hydrogen-bond donors (Lipinski definition) is 1. The Labute approximate surface area is 82.0 Å². The standard InChI is InChI=1S/C9H17NO.C2H6/c1-2-8-7-11-9(10-8)5-3-4-6-9;1-2/h8,10H,2-7H2,1H3;1-2H3. The van der Waals surface area contributed by atoms with Crippen LogP contribution < -0.4 is 5.32 Å². The van der Waals surface area contributed by atoms with Crippen molar-refractivity contribution >= 4 is 0 Å². The minimum Gasteiger partial charge on any atom is -0.359 e. The van der Waals surface area contributed by atoms with Crippen LogP contribution in [0.5, 0.6) is 0 Å². The van der Waals surface area contributed by atoms with Crippen LogP contribution in [0.1, 0.15) is 52.9 Å². The molecule has 0 aromatic rings. The Balaban J connectivity index is 0.000000396. The molecule has 78 valence electrons. The monoisotopic (exact) mass is 185 g/mol. The van der Waals surface area contributed by atoms with E-state index in [-0.39, 0.29) is 5.72 Å². The summed E-state index contributed by atoms with van der Waals surface area (Å²) in [6.45, 7) is 7.14. The summed E-state index contributed by atoms with van der Waals surface area (Å²) >= 11 is 0. The van der Waals surface area contributed by atoms with Gasteiger partial charge in [-0.25, -0.2) is 0 Å². The smallest absolute Gasteiger partial charge is 0.119 e. The molecule has 1 saturated heterocycles. The molecule has 1 saturated carbocycles. The predicted molar refractivity (Wildman–Crippen MR) is 55.7 cm³/mol. The minimum atomic E-state index is 0.112. The highest BCUT2D eigenvalue weighted by Crippen LogP contribution is 2.34. The van der Waals surface area contributed by atoms with Gasteiger partial charge in [-0.1, -0.05) is 20.8 Å². The van der Waals surface area contributed by atoms with Crippen molar-refractivity contribution < 1.29 is 4.74 Å². The van der Waals surface area contributed by atoms with Crippen molar-refractivity contribution in [2.75, 3.05) is 6.61 Å². The van der Waals surface area contributed by atoms with Crippen LogP contribution in [0, 0.1) is 0 Å². The Morgan fingerprint density at radius 1 is 1.31 bits per heavy atom. The Morgan fingerprint density at radius 3 is 2.38 bits per heavy atom. The fourth-order valence-electron chi connectivity index (χ4n) is 2.17. The summed E-state index contributed by atoms with van der Waals surface area (Å²) in [6.07, 6.45) is 6.32. The highest BCUT2D eigenvalue weighted by atomic mass is 16.5. The topological polar surface area (TPSA) is 21.3 Å². The quantitative estimate of drug-likeness (QED) is 0.678. The molecule has 2 fully saturated rings. The largest absolute Gasteiger partial charge is 0.359 e. The van der Waals surface area contributed by atoms with E-state index in [1.807, 2.05) is 13.8 Å². The summed E-state index contributed by atoms with van der Waals surface area (Å²) < 4.78 is 5.79. The van der Waals surface area contributed by atoms with Gasteiger partial charge in [-0.15, -0.1) is 0 Å². The van der Waals surface area contributed by atoms with E-state index in [9.17, 15) is 0 Å². The van der Waals surface area contributed by atoms with Crippen molar-refractivity contribution in [3.05, 3.63) is 0 Å². The number of hydrogen-bond acceptors (Lipinski definition) is 2. The van der Waals surface area contributed by atoms with Gasteiger partial charge in [0.2, 0.25) is 0 Å². The third-order valence-corrected chi connectivity index (χ3v) is 2.93. The van der Waals surface area contributed by atoms with Crippen LogP contribution in [0.15, 0.2) is 0 Å². The van der Waals surface area contributed by atoms with Crippen molar-refractivity contribution in [1.29, 1.82) is 0 Å². The molecule has 0 amide bonds. The van der Waals surface area contributed by atoms with Crippen molar-refractivity contribution in [2.24, 2.45) is 0 Å². The summed E-state index contributed by atoms with van der Waals surface area (Å²) in [5, 5.41) is 3.59. The third kappa shape index (κ3) is 2.44. The third-order valence-electron chi connectivity index (χ3n) is 2.93. The lowest BCUT2D eigenvalue weighted by atomic mass is 10.1. The van der Waals surface area contributed by atoms with Crippen LogP contribution in [0.2, 0.25) is 0 Å². The molecule has 1 aliphatic carbocycles. The van der Waals surface area contributed by atoms with Gasteiger partial charge in [0.25, 0.3) is 0 Å². The molecule has 0 aromatic heterocycles. The fourth-order valence-corrected chi connectivity index (χ4v) is 2.17. The van der Waals surface area contributed by atoms with E-state index in [0.29, 0.717) is 6.04 Å². The van der Waals surface area contributed by atoms with E-state index >= 15 is 0 Å². The second-order valence-corrected chi connectivity index (χ2v) is 3.76. The lowest BCUT2D eigenvalue weighted by molar-refractivity contribution is -0.00358. The highest BCUT2D eigenvalue weighted by Gasteiger charge is 2.40. The molecule has 0 bridgehead atoms. The van der Waals surface area contributed by atoms with Crippen molar-refractivity contribution in [1.82, 2.24) is 5.32 Å². The molecule has 1 aliphatic heterocycles. The normalized spacial score (nSPS) is 30.2. The molecular formula is C11H23NO. The predicted octanol–water partition coefficient (Wildman–Crippen LogP) is 2.68. The van der Waals surface area contributed by atoms with E-state index in [1.54, 1.807) is 0 Å². The summed E-state index contributed by atoms with van der Waals surface area (Å²) in [4.78, 5) is 0. The molecule has 2 nitrogen and oxygen atoms in total. The molecule has 0 aromatic carbocycles. The minimum absolute atomic E-state index is 0.112. The molecule has 1 heterocycles. The lowest BCUT2D eigenvalue weighted by Crippen LogP contribution is -2.41. The van der Waals surface area contributed by atoms with Crippen molar-refractivity contribution in [2.45, 2.75) is 64.6 Å². The number of ether oxygens (including phenoxy) is 1. The molecule has 1 atom stereocenters.